The van der Waals surface area contributed by atoms with Crippen LogP contribution in [0.3, 0.4) is 0 Å². The maximum atomic E-state index is 11.9. The van der Waals surface area contributed by atoms with Crippen LogP contribution >= 0.6 is 0 Å². The molecule has 0 bridgehead atoms. The normalized spacial score (nSPS) is 19.2. The van der Waals surface area contributed by atoms with Crippen LogP contribution in [0.4, 0.5) is 5.82 Å². The molecule has 2 N–H and O–H groups in total. The van der Waals surface area contributed by atoms with E-state index in [0.29, 0.717) is 25.8 Å². The molecule has 0 spiro atoms. The fourth-order valence-electron chi connectivity index (χ4n) is 2.81. The lowest BCUT2D eigenvalue weighted by atomic mass is 10.2. The SMILES string of the molecule is O=C(CCCNc1ncnc2ccccc12)NC1CCS(=O)(=O)C1. The first-order valence-corrected chi connectivity index (χ1v) is 9.79. The van der Waals surface area contributed by atoms with Crippen molar-refractivity contribution >= 4 is 32.5 Å². The molecule has 24 heavy (non-hydrogen) atoms. The average molecular weight is 348 g/mol. The van der Waals surface area contributed by atoms with Gasteiger partial charge in [-0.25, -0.2) is 18.4 Å². The zero-order valence-electron chi connectivity index (χ0n) is 13.2. The Morgan fingerprint density at radius 2 is 2.08 bits per heavy atom. The van der Waals surface area contributed by atoms with Gasteiger partial charge in [-0.3, -0.25) is 4.79 Å². The number of rotatable bonds is 6. The lowest BCUT2D eigenvalue weighted by molar-refractivity contribution is -0.121. The summed E-state index contributed by atoms with van der Waals surface area (Å²) in [5.74, 6) is 0.874. The number of amides is 1. The Morgan fingerprint density at radius 3 is 2.88 bits per heavy atom. The van der Waals surface area contributed by atoms with Crippen molar-refractivity contribution in [3.63, 3.8) is 0 Å². The van der Waals surface area contributed by atoms with Crippen molar-refractivity contribution in [1.29, 1.82) is 0 Å². The molecule has 0 saturated carbocycles. The third-order valence-corrected chi connectivity index (χ3v) is 5.78. The summed E-state index contributed by atoms with van der Waals surface area (Å²) >= 11 is 0. The van der Waals surface area contributed by atoms with Gasteiger partial charge in [0.2, 0.25) is 5.91 Å². The predicted molar refractivity (Wildman–Crippen MR) is 92.5 cm³/mol. The summed E-state index contributed by atoms with van der Waals surface area (Å²) in [6.07, 6.45) is 3.02. The number of aromatic nitrogens is 2. The number of nitrogens with zero attached hydrogens (tertiary/aromatic N) is 2. The molecule has 2 aromatic rings. The molecule has 1 amide bonds. The number of anilines is 1. The van der Waals surface area contributed by atoms with Gasteiger partial charge >= 0.3 is 0 Å². The van der Waals surface area contributed by atoms with Gasteiger partial charge in [-0.2, -0.15) is 0 Å². The summed E-state index contributed by atoms with van der Waals surface area (Å²) in [6.45, 7) is 0.609. The molecule has 0 aliphatic carbocycles. The molecule has 1 saturated heterocycles. The minimum atomic E-state index is -2.96. The van der Waals surface area contributed by atoms with Gasteiger partial charge in [0.25, 0.3) is 0 Å². The van der Waals surface area contributed by atoms with Gasteiger partial charge in [0.1, 0.15) is 12.1 Å². The van der Waals surface area contributed by atoms with Crippen molar-refractivity contribution in [2.45, 2.75) is 25.3 Å². The number of hydrogen-bond donors (Lipinski definition) is 2. The Bertz CT molecular complexity index is 833. The second-order valence-corrected chi connectivity index (χ2v) is 8.17. The number of carbonyl (C=O) groups is 1. The molecule has 2 heterocycles. The van der Waals surface area contributed by atoms with Crippen molar-refractivity contribution in [3.05, 3.63) is 30.6 Å². The zero-order chi connectivity index (χ0) is 17.0. The molecule has 8 heteroatoms. The van der Waals surface area contributed by atoms with Gasteiger partial charge in [0.05, 0.1) is 17.0 Å². The van der Waals surface area contributed by atoms with E-state index in [0.717, 1.165) is 16.7 Å². The monoisotopic (exact) mass is 348 g/mol. The quantitative estimate of drug-likeness (QED) is 0.759. The first-order valence-electron chi connectivity index (χ1n) is 7.97. The first kappa shape index (κ1) is 16.6. The van der Waals surface area contributed by atoms with Crippen LogP contribution in [0.2, 0.25) is 0 Å². The summed E-state index contributed by atoms with van der Waals surface area (Å²) < 4.78 is 22.7. The van der Waals surface area contributed by atoms with E-state index < -0.39 is 9.84 Å². The lowest BCUT2D eigenvalue weighted by Crippen LogP contribution is -2.35. The maximum Gasteiger partial charge on any atom is 0.220 e. The topological polar surface area (TPSA) is 101 Å². The number of sulfone groups is 1. The molecule has 1 unspecified atom stereocenters. The number of nitrogens with one attached hydrogen (secondary N) is 2. The Hall–Kier alpha value is -2.22. The van der Waals surface area contributed by atoms with Crippen LogP contribution in [0, 0.1) is 0 Å². The number of para-hydroxylation sites is 1. The second kappa shape index (κ2) is 7.12. The number of fused-ring (bicyclic) bond motifs is 1. The summed E-state index contributed by atoms with van der Waals surface area (Å²) in [5.41, 5.74) is 0.871. The zero-order valence-corrected chi connectivity index (χ0v) is 14.1. The largest absolute Gasteiger partial charge is 0.369 e. The summed E-state index contributed by atoms with van der Waals surface area (Å²) in [6, 6.07) is 7.49. The van der Waals surface area contributed by atoms with E-state index in [2.05, 4.69) is 20.6 Å². The predicted octanol–water partition coefficient (Wildman–Crippen LogP) is 1.13. The second-order valence-electron chi connectivity index (χ2n) is 5.94. The number of carbonyl (C=O) groups excluding carboxylic acids is 1. The molecule has 7 nitrogen and oxygen atoms in total. The minimum absolute atomic E-state index is 0.0594. The smallest absolute Gasteiger partial charge is 0.220 e. The highest BCUT2D eigenvalue weighted by molar-refractivity contribution is 7.91. The van der Waals surface area contributed by atoms with Gasteiger partial charge in [-0.1, -0.05) is 12.1 Å². The Balaban J connectivity index is 1.44. The molecule has 128 valence electrons. The van der Waals surface area contributed by atoms with Crippen molar-refractivity contribution in [2.24, 2.45) is 0 Å². The van der Waals surface area contributed by atoms with Crippen LogP contribution in [0.1, 0.15) is 19.3 Å². The molecule has 1 aliphatic rings. The van der Waals surface area contributed by atoms with E-state index in [4.69, 9.17) is 0 Å². The van der Waals surface area contributed by atoms with Gasteiger partial charge in [0, 0.05) is 24.4 Å². The van der Waals surface area contributed by atoms with E-state index in [1.54, 1.807) is 0 Å². The summed E-state index contributed by atoms with van der Waals surface area (Å²) in [7, 11) is -2.96. The van der Waals surface area contributed by atoms with Crippen molar-refractivity contribution in [3.8, 4) is 0 Å². The van der Waals surface area contributed by atoms with Crippen molar-refractivity contribution in [1.82, 2.24) is 15.3 Å². The molecule has 3 rings (SSSR count). The highest BCUT2D eigenvalue weighted by Crippen LogP contribution is 2.18. The molecular weight excluding hydrogens is 328 g/mol. The number of benzene rings is 1. The van der Waals surface area contributed by atoms with Crippen LogP contribution in [-0.2, 0) is 14.6 Å². The molecule has 0 radical (unpaired) electrons. The molecule has 1 atom stereocenters. The maximum absolute atomic E-state index is 11.9. The third-order valence-electron chi connectivity index (χ3n) is 4.01. The Kier molecular flexibility index (Phi) is 4.94. The fourth-order valence-corrected chi connectivity index (χ4v) is 4.48. The van der Waals surface area contributed by atoms with Crippen molar-refractivity contribution in [2.75, 3.05) is 23.4 Å². The summed E-state index contributed by atoms with van der Waals surface area (Å²) in [5, 5.41) is 6.96. The van der Waals surface area contributed by atoms with Gasteiger partial charge in [0.15, 0.2) is 9.84 Å². The molecule has 1 aliphatic heterocycles. The van der Waals surface area contributed by atoms with Crippen LogP contribution in [0.5, 0.6) is 0 Å². The molecule has 1 aromatic carbocycles. The fraction of sp³-hybridized carbons (Fsp3) is 0.438. The van der Waals surface area contributed by atoms with Gasteiger partial charge in [-0.05, 0) is 25.0 Å². The van der Waals surface area contributed by atoms with Gasteiger partial charge < -0.3 is 10.6 Å². The van der Waals surface area contributed by atoms with Crippen LogP contribution in [0.15, 0.2) is 30.6 Å². The van der Waals surface area contributed by atoms with E-state index in [1.165, 1.54) is 6.33 Å². The third kappa shape index (κ3) is 4.19. The van der Waals surface area contributed by atoms with E-state index in [9.17, 15) is 13.2 Å². The first-order chi connectivity index (χ1) is 11.5. The van der Waals surface area contributed by atoms with Crippen LogP contribution in [0.25, 0.3) is 10.9 Å². The molecule has 1 aromatic heterocycles. The van der Waals surface area contributed by atoms with Crippen LogP contribution < -0.4 is 10.6 Å². The van der Waals surface area contributed by atoms with Crippen molar-refractivity contribution < 1.29 is 13.2 Å². The van der Waals surface area contributed by atoms with Crippen LogP contribution in [-0.4, -0.2) is 48.4 Å². The average Bonchev–Trinajstić information content (AvgIpc) is 2.90. The number of hydrogen-bond acceptors (Lipinski definition) is 6. The Morgan fingerprint density at radius 1 is 1.25 bits per heavy atom. The Labute approximate surface area is 140 Å². The van der Waals surface area contributed by atoms with E-state index in [1.807, 2.05) is 24.3 Å². The summed E-state index contributed by atoms with van der Waals surface area (Å²) in [4.78, 5) is 20.3. The molecular formula is C16H20N4O3S. The standard InChI is InChI=1S/C16H20N4O3S/c21-15(20-12-7-9-24(22,23)10-12)6-3-8-17-16-13-4-1-2-5-14(13)18-11-19-16/h1-2,4-5,11-12H,3,6-10H2,(H,20,21)(H,17,18,19). The van der Waals surface area contributed by atoms with E-state index >= 15 is 0 Å². The highest BCUT2D eigenvalue weighted by atomic mass is 32.2. The minimum Gasteiger partial charge on any atom is -0.369 e. The highest BCUT2D eigenvalue weighted by Gasteiger charge is 2.28. The molecule has 1 fully saturated rings. The lowest BCUT2D eigenvalue weighted by Gasteiger charge is -2.11. The van der Waals surface area contributed by atoms with Gasteiger partial charge in [-0.15, -0.1) is 0 Å². The van der Waals surface area contributed by atoms with E-state index in [-0.39, 0.29) is 23.5 Å².